The van der Waals surface area contributed by atoms with Crippen LogP contribution in [0.25, 0.3) is 0 Å². The van der Waals surface area contributed by atoms with E-state index in [1.165, 1.54) is 0 Å². The number of hydrogen-bond acceptors (Lipinski definition) is 3. The van der Waals surface area contributed by atoms with Crippen LogP contribution < -0.4 is 0 Å². The Labute approximate surface area is 130 Å². The van der Waals surface area contributed by atoms with Gasteiger partial charge in [0.1, 0.15) is 0 Å². The van der Waals surface area contributed by atoms with E-state index >= 15 is 0 Å². The molecule has 4 rings (SSSR count). The molecule has 4 heteroatoms. The Morgan fingerprint density at radius 1 is 1.23 bits per heavy atom. The molecule has 2 bridgehead atoms. The number of fused-ring (bicyclic) bond motifs is 2. The molecule has 0 unspecified atom stereocenters. The fourth-order valence-electron chi connectivity index (χ4n) is 3.98. The highest BCUT2D eigenvalue weighted by atomic mass is 16.7. The van der Waals surface area contributed by atoms with E-state index in [1.54, 1.807) is 0 Å². The van der Waals surface area contributed by atoms with Crippen molar-refractivity contribution in [2.45, 2.75) is 37.6 Å². The topological polar surface area (TPSA) is 38.8 Å². The zero-order chi connectivity index (χ0) is 15.2. The highest BCUT2D eigenvalue weighted by Gasteiger charge is 2.52. The van der Waals surface area contributed by atoms with Crippen LogP contribution in [0.3, 0.4) is 0 Å². The molecule has 0 N–H and O–H groups in total. The molecule has 2 atom stereocenters. The number of benzene rings is 1. The lowest BCUT2D eigenvalue weighted by molar-refractivity contribution is -0.177. The molecule has 2 saturated heterocycles. The molecular weight excluding hydrogens is 278 g/mol. The van der Waals surface area contributed by atoms with Crippen LogP contribution in [-0.2, 0) is 20.8 Å². The molecule has 4 nitrogen and oxygen atoms in total. The second kappa shape index (κ2) is 5.21. The Balaban J connectivity index is 1.62. The van der Waals surface area contributed by atoms with Gasteiger partial charge < -0.3 is 14.4 Å². The second-order valence-electron chi connectivity index (χ2n) is 6.45. The van der Waals surface area contributed by atoms with Crippen molar-refractivity contribution in [2.75, 3.05) is 13.2 Å². The quantitative estimate of drug-likeness (QED) is 0.788. The van der Waals surface area contributed by atoms with Crippen LogP contribution in [0.1, 0.15) is 24.8 Å². The van der Waals surface area contributed by atoms with Gasteiger partial charge in [0.05, 0.1) is 25.2 Å². The van der Waals surface area contributed by atoms with E-state index in [9.17, 15) is 4.79 Å². The average Bonchev–Trinajstić information content (AvgIpc) is 3.02. The van der Waals surface area contributed by atoms with Crippen molar-refractivity contribution in [3.63, 3.8) is 0 Å². The minimum Gasteiger partial charge on any atom is -0.347 e. The Morgan fingerprint density at radius 3 is 2.68 bits per heavy atom. The van der Waals surface area contributed by atoms with E-state index in [0.29, 0.717) is 26.2 Å². The maximum Gasteiger partial charge on any atom is 0.230 e. The molecule has 1 aromatic rings. The first-order valence-corrected chi connectivity index (χ1v) is 8.00. The van der Waals surface area contributed by atoms with Crippen LogP contribution in [0, 0.1) is 5.92 Å². The van der Waals surface area contributed by atoms with Gasteiger partial charge in [0.2, 0.25) is 5.91 Å². The SMILES string of the molecule is C=C1[C@@H]2CCC3(C[C@H]1N(Cc1ccccc1)C2=O)OCCO3. The van der Waals surface area contributed by atoms with Crippen LogP contribution in [0.15, 0.2) is 42.5 Å². The zero-order valence-corrected chi connectivity index (χ0v) is 12.7. The summed E-state index contributed by atoms with van der Waals surface area (Å²) >= 11 is 0. The highest BCUT2D eigenvalue weighted by Crippen LogP contribution is 2.45. The number of carbonyl (C=O) groups excluding carboxylic acids is 1. The van der Waals surface area contributed by atoms with Crippen molar-refractivity contribution in [1.82, 2.24) is 4.90 Å². The van der Waals surface area contributed by atoms with Crippen LogP contribution in [0.4, 0.5) is 0 Å². The van der Waals surface area contributed by atoms with Gasteiger partial charge in [0, 0.05) is 19.4 Å². The number of nitrogens with zero attached hydrogens (tertiary/aromatic N) is 1. The number of rotatable bonds is 2. The first kappa shape index (κ1) is 14.0. The third kappa shape index (κ3) is 2.18. The molecule has 1 saturated carbocycles. The lowest BCUT2D eigenvalue weighted by Crippen LogP contribution is -2.43. The Bertz CT molecular complexity index is 592. The molecular formula is C18H21NO3. The van der Waals surface area contributed by atoms with Gasteiger partial charge in [-0.2, -0.15) is 0 Å². The summed E-state index contributed by atoms with van der Waals surface area (Å²) in [6, 6.07) is 10.2. The summed E-state index contributed by atoms with van der Waals surface area (Å²) in [4.78, 5) is 14.7. The monoisotopic (exact) mass is 299 g/mol. The second-order valence-corrected chi connectivity index (χ2v) is 6.45. The summed E-state index contributed by atoms with van der Waals surface area (Å²) in [5, 5.41) is 0. The summed E-state index contributed by atoms with van der Waals surface area (Å²) in [5.41, 5.74) is 2.19. The maximum atomic E-state index is 12.7. The van der Waals surface area contributed by atoms with E-state index in [-0.39, 0.29) is 17.9 Å². The summed E-state index contributed by atoms with van der Waals surface area (Å²) in [5.74, 6) is -0.356. The van der Waals surface area contributed by atoms with E-state index in [4.69, 9.17) is 9.47 Å². The normalized spacial score (nSPS) is 30.1. The molecule has 2 aliphatic heterocycles. The fourth-order valence-corrected chi connectivity index (χ4v) is 3.98. The smallest absolute Gasteiger partial charge is 0.230 e. The van der Waals surface area contributed by atoms with Crippen molar-refractivity contribution < 1.29 is 14.3 Å². The lowest BCUT2D eigenvalue weighted by atomic mass is 9.97. The molecule has 22 heavy (non-hydrogen) atoms. The molecule has 116 valence electrons. The number of ether oxygens (including phenoxy) is 2. The van der Waals surface area contributed by atoms with Crippen molar-refractivity contribution in [3.05, 3.63) is 48.0 Å². The fraction of sp³-hybridized carbons (Fsp3) is 0.500. The molecule has 1 aliphatic carbocycles. The number of carbonyl (C=O) groups is 1. The number of amides is 1. The van der Waals surface area contributed by atoms with Gasteiger partial charge in [-0.15, -0.1) is 0 Å². The van der Waals surface area contributed by atoms with Gasteiger partial charge in [-0.3, -0.25) is 4.79 Å². The van der Waals surface area contributed by atoms with Crippen LogP contribution in [0.2, 0.25) is 0 Å². The lowest BCUT2D eigenvalue weighted by Gasteiger charge is -2.34. The molecule has 0 aromatic heterocycles. The molecule has 1 amide bonds. The van der Waals surface area contributed by atoms with E-state index in [1.807, 2.05) is 23.1 Å². The number of hydrogen-bond donors (Lipinski definition) is 0. The highest BCUT2D eigenvalue weighted by molar-refractivity contribution is 5.86. The number of likely N-dealkylation sites (tertiary alicyclic amines) is 1. The van der Waals surface area contributed by atoms with Crippen LogP contribution >= 0.6 is 0 Å². The summed E-state index contributed by atoms with van der Waals surface area (Å²) < 4.78 is 11.8. The van der Waals surface area contributed by atoms with Crippen LogP contribution in [-0.4, -0.2) is 35.8 Å². The van der Waals surface area contributed by atoms with Gasteiger partial charge in [0.25, 0.3) is 0 Å². The standard InChI is InChI=1S/C18H21NO3/c1-13-15-7-8-18(21-9-10-22-18)11-16(13)19(17(15)20)12-14-5-3-2-4-6-14/h2-6,15-16H,1,7-12H2/t15-,16+/m0/s1. The van der Waals surface area contributed by atoms with Crippen molar-refractivity contribution in [2.24, 2.45) is 5.92 Å². The molecule has 1 aromatic carbocycles. The Kier molecular flexibility index (Phi) is 3.31. The van der Waals surface area contributed by atoms with Crippen molar-refractivity contribution in [3.8, 4) is 0 Å². The maximum absolute atomic E-state index is 12.7. The predicted octanol–water partition coefficient (Wildman–Crippen LogP) is 2.50. The van der Waals surface area contributed by atoms with Gasteiger partial charge in [-0.1, -0.05) is 36.9 Å². The summed E-state index contributed by atoms with van der Waals surface area (Å²) in [7, 11) is 0. The minimum atomic E-state index is -0.502. The Hall–Kier alpha value is -1.65. The van der Waals surface area contributed by atoms with Crippen molar-refractivity contribution in [1.29, 1.82) is 0 Å². The predicted molar refractivity (Wildman–Crippen MR) is 81.9 cm³/mol. The van der Waals surface area contributed by atoms with Gasteiger partial charge in [-0.05, 0) is 17.6 Å². The van der Waals surface area contributed by atoms with E-state index in [0.717, 1.165) is 24.0 Å². The largest absolute Gasteiger partial charge is 0.347 e. The van der Waals surface area contributed by atoms with E-state index in [2.05, 4.69) is 18.7 Å². The zero-order valence-electron chi connectivity index (χ0n) is 12.7. The molecule has 3 fully saturated rings. The minimum absolute atomic E-state index is 0.0262. The first-order valence-electron chi connectivity index (χ1n) is 8.00. The first-order chi connectivity index (χ1) is 10.7. The third-order valence-corrected chi connectivity index (χ3v) is 5.16. The van der Waals surface area contributed by atoms with Gasteiger partial charge in [0.15, 0.2) is 5.79 Å². The third-order valence-electron chi connectivity index (χ3n) is 5.16. The molecule has 1 spiro atoms. The van der Waals surface area contributed by atoms with Crippen molar-refractivity contribution >= 4 is 5.91 Å². The van der Waals surface area contributed by atoms with E-state index < -0.39 is 5.79 Å². The average molecular weight is 299 g/mol. The van der Waals surface area contributed by atoms with Crippen LogP contribution in [0.5, 0.6) is 0 Å². The van der Waals surface area contributed by atoms with Gasteiger partial charge in [-0.25, -0.2) is 0 Å². The molecule has 0 radical (unpaired) electrons. The molecule has 2 heterocycles. The van der Waals surface area contributed by atoms with Gasteiger partial charge >= 0.3 is 0 Å². The summed E-state index contributed by atoms with van der Waals surface area (Å²) in [6.45, 7) is 6.16. The molecule has 3 aliphatic rings. The summed E-state index contributed by atoms with van der Waals surface area (Å²) in [6.07, 6.45) is 2.28. The Morgan fingerprint density at radius 2 is 1.95 bits per heavy atom.